The molecule has 0 aromatic carbocycles. The lowest BCUT2D eigenvalue weighted by atomic mass is 9.84. The van der Waals surface area contributed by atoms with Crippen molar-refractivity contribution in [1.82, 2.24) is 5.32 Å². The number of hydrogen-bond acceptors (Lipinski definition) is 6. The first-order valence-electron chi connectivity index (χ1n) is 9.62. The van der Waals surface area contributed by atoms with Crippen LogP contribution in [0.1, 0.15) is 66.2 Å². The number of carbonyl (C=O) groups excluding carboxylic acids is 2. The summed E-state index contributed by atoms with van der Waals surface area (Å²) in [6.45, 7) is 7.56. The number of esters is 1. The maximum absolute atomic E-state index is 12.2. The van der Waals surface area contributed by atoms with E-state index in [2.05, 4.69) is 5.32 Å². The monoisotopic (exact) mass is 389 g/mol. The minimum atomic E-state index is -0.733. The predicted octanol–water partition coefficient (Wildman–Crippen LogP) is 3.51. The Kier molecular flexibility index (Phi) is 10.4. The number of aliphatic hydroxyl groups is 1. The van der Waals surface area contributed by atoms with Gasteiger partial charge in [0.2, 0.25) is 0 Å². The summed E-state index contributed by atoms with van der Waals surface area (Å²) in [4.78, 5) is 23.6. The molecule has 0 bridgehead atoms. The SMILES string of the molecule is CCOC(=O)CSC[C@@H](O)[C@H](CC1CCCCC1)NC(=O)OC(C)(C)C. The van der Waals surface area contributed by atoms with Crippen molar-refractivity contribution in [3.05, 3.63) is 0 Å². The summed E-state index contributed by atoms with van der Waals surface area (Å²) < 4.78 is 10.2. The zero-order valence-corrected chi connectivity index (χ0v) is 17.4. The fraction of sp³-hybridized carbons (Fsp3) is 0.895. The molecule has 0 heterocycles. The average molecular weight is 390 g/mol. The molecule has 26 heavy (non-hydrogen) atoms. The molecule has 0 spiro atoms. The lowest BCUT2D eigenvalue weighted by Gasteiger charge is -2.31. The second-order valence-electron chi connectivity index (χ2n) is 7.88. The summed E-state index contributed by atoms with van der Waals surface area (Å²) in [6.07, 6.45) is 5.44. The van der Waals surface area contributed by atoms with Crippen molar-refractivity contribution in [2.24, 2.45) is 5.92 Å². The first-order valence-corrected chi connectivity index (χ1v) is 10.8. The van der Waals surface area contributed by atoms with E-state index < -0.39 is 17.8 Å². The molecule has 6 nitrogen and oxygen atoms in total. The van der Waals surface area contributed by atoms with Gasteiger partial charge < -0.3 is 19.9 Å². The smallest absolute Gasteiger partial charge is 0.407 e. The van der Waals surface area contributed by atoms with Gasteiger partial charge in [0.05, 0.1) is 24.5 Å². The molecular formula is C19H35NO5S. The molecule has 1 fully saturated rings. The molecule has 1 aliphatic carbocycles. The molecule has 152 valence electrons. The number of nitrogens with one attached hydrogen (secondary N) is 1. The number of aliphatic hydroxyl groups excluding tert-OH is 1. The van der Waals surface area contributed by atoms with Crippen molar-refractivity contribution in [3.8, 4) is 0 Å². The van der Waals surface area contributed by atoms with Crippen LogP contribution >= 0.6 is 11.8 Å². The van der Waals surface area contributed by atoms with E-state index in [1.54, 1.807) is 6.92 Å². The van der Waals surface area contributed by atoms with E-state index in [9.17, 15) is 14.7 Å². The molecule has 1 aliphatic rings. The Labute approximate surface area is 161 Å². The Bertz CT molecular complexity index is 432. The van der Waals surface area contributed by atoms with Crippen molar-refractivity contribution < 1.29 is 24.2 Å². The van der Waals surface area contributed by atoms with Gasteiger partial charge in [0.25, 0.3) is 0 Å². The minimum absolute atomic E-state index is 0.202. The number of carbonyl (C=O) groups is 2. The number of thioether (sulfide) groups is 1. The van der Waals surface area contributed by atoms with E-state index in [-0.39, 0.29) is 17.8 Å². The molecule has 1 saturated carbocycles. The molecule has 2 atom stereocenters. The van der Waals surface area contributed by atoms with Gasteiger partial charge in [-0.1, -0.05) is 32.1 Å². The summed E-state index contributed by atoms with van der Waals surface area (Å²) in [5.41, 5.74) is -0.580. The predicted molar refractivity (Wildman–Crippen MR) is 104 cm³/mol. The van der Waals surface area contributed by atoms with Crippen molar-refractivity contribution >= 4 is 23.8 Å². The van der Waals surface area contributed by atoms with Gasteiger partial charge >= 0.3 is 12.1 Å². The highest BCUT2D eigenvalue weighted by Gasteiger charge is 2.28. The van der Waals surface area contributed by atoms with E-state index in [1.165, 1.54) is 31.0 Å². The van der Waals surface area contributed by atoms with E-state index in [0.717, 1.165) is 19.3 Å². The van der Waals surface area contributed by atoms with Gasteiger partial charge in [-0.2, -0.15) is 0 Å². The number of hydrogen-bond donors (Lipinski definition) is 2. The Morgan fingerprint density at radius 3 is 2.46 bits per heavy atom. The first kappa shape index (κ1) is 23.1. The Morgan fingerprint density at radius 1 is 1.23 bits per heavy atom. The third-order valence-corrected chi connectivity index (χ3v) is 5.31. The number of ether oxygens (including phenoxy) is 2. The van der Waals surface area contributed by atoms with Crippen LogP contribution in [0.15, 0.2) is 0 Å². The van der Waals surface area contributed by atoms with Gasteiger partial charge in [-0.25, -0.2) is 4.79 Å². The van der Waals surface area contributed by atoms with Gasteiger partial charge in [-0.15, -0.1) is 11.8 Å². The van der Waals surface area contributed by atoms with Crippen molar-refractivity contribution in [2.45, 2.75) is 84.0 Å². The molecule has 0 radical (unpaired) electrons. The van der Waals surface area contributed by atoms with Gasteiger partial charge in [0.15, 0.2) is 0 Å². The number of amides is 1. The van der Waals surface area contributed by atoms with Crippen LogP contribution in [0.25, 0.3) is 0 Å². The number of alkyl carbamates (subject to hydrolysis) is 1. The Morgan fingerprint density at radius 2 is 1.88 bits per heavy atom. The molecule has 0 aromatic rings. The molecule has 1 rings (SSSR count). The molecule has 0 aromatic heterocycles. The van der Waals surface area contributed by atoms with Crippen LogP contribution in [0.4, 0.5) is 4.79 Å². The summed E-state index contributed by atoms with van der Waals surface area (Å²) in [6, 6.07) is -0.373. The first-order chi connectivity index (χ1) is 12.2. The van der Waals surface area contributed by atoms with Gasteiger partial charge in [-0.05, 0) is 40.0 Å². The summed E-state index contributed by atoms with van der Waals surface area (Å²) in [7, 11) is 0. The third kappa shape index (κ3) is 10.3. The van der Waals surface area contributed by atoms with Crippen LogP contribution in [-0.4, -0.2) is 53.0 Å². The summed E-state index contributed by atoms with van der Waals surface area (Å²) in [5, 5.41) is 13.4. The lowest BCUT2D eigenvalue weighted by molar-refractivity contribution is -0.139. The van der Waals surface area contributed by atoms with Crippen molar-refractivity contribution in [2.75, 3.05) is 18.1 Å². The van der Waals surface area contributed by atoms with Crippen LogP contribution in [0.3, 0.4) is 0 Å². The number of rotatable bonds is 9. The Hall–Kier alpha value is -0.950. The van der Waals surface area contributed by atoms with Crippen LogP contribution in [0, 0.1) is 5.92 Å². The highest BCUT2D eigenvalue weighted by molar-refractivity contribution is 7.99. The van der Waals surface area contributed by atoms with Crippen molar-refractivity contribution in [1.29, 1.82) is 0 Å². The highest BCUT2D eigenvalue weighted by Crippen LogP contribution is 2.28. The van der Waals surface area contributed by atoms with Gasteiger partial charge in [-0.3, -0.25) is 4.79 Å². The standard InChI is InChI=1S/C19H35NO5S/c1-5-24-17(22)13-26-12-16(21)15(11-14-9-7-6-8-10-14)20-18(23)25-19(2,3)4/h14-16,21H,5-13H2,1-4H3,(H,20,23)/t15-,16+/m0/s1. The summed E-state index contributed by atoms with van der Waals surface area (Å²) in [5.74, 6) is 0.793. The summed E-state index contributed by atoms with van der Waals surface area (Å²) >= 11 is 1.32. The topological polar surface area (TPSA) is 84.9 Å². The molecular weight excluding hydrogens is 354 g/mol. The molecule has 2 N–H and O–H groups in total. The van der Waals surface area contributed by atoms with Crippen LogP contribution in [0.2, 0.25) is 0 Å². The second kappa shape index (κ2) is 11.7. The molecule has 0 saturated heterocycles. The average Bonchev–Trinajstić information content (AvgIpc) is 2.53. The van der Waals surface area contributed by atoms with Gasteiger partial charge in [0.1, 0.15) is 5.60 Å². The van der Waals surface area contributed by atoms with Crippen LogP contribution in [0.5, 0.6) is 0 Å². The fourth-order valence-electron chi connectivity index (χ4n) is 3.13. The van der Waals surface area contributed by atoms with Crippen LogP contribution in [-0.2, 0) is 14.3 Å². The largest absolute Gasteiger partial charge is 0.465 e. The van der Waals surface area contributed by atoms with Crippen LogP contribution < -0.4 is 5.32 Å². The zero-order chi connectivity index (χ0) is 19.6. The van der Waals surface area contributed by atoms with E-state index in [4.69, 9.17) is 9.47 Å². The van der Waals surface area contributed by atoms with Crippen molar-refractivity contribution in [3.63, 3.8) is 0 Å². The minimum Gasteiger partial charge on any atom is -0.465 e. The molecule has 1 amide bonds. The maximum atomic E-state index is 12.2. The van der Waals surface area contributed by atoms with E-state index in [1.807, 2.05) is 20.8 Å². The normalized spacial score (nSPS) is 18.0. The molecule has 0 aliphatic heterocycles. The van der Waals surface area contributed by atoms with E-state index in [0.29, 0.717) is 18.3 Å². The lowest BCUT2D eigenvalue weighted by Crippen LogP contribution is -2.47. The third-order valence-electron chi connectivity index (χ3n) is 4.29. The quantitative estimate of drug-likeness (QED) is 0.587. The van der Waals surface area contributed by atoms with E-state index >= 15 is 0 Å². The molecule has 0 unspecified atom stereocenters. The second-order valence-corrected chi connectivity index (χ2v) is 8.91. The highest BCUT2D eigenvalue weighted by atomic mass is 32.2. The Balaban J connectivity index is 2.56. The zero-order valence-electron chi connectivity index (χ0n) is 16.6. The molecule has 7 heteroatoms. The van der Waals surface area contributed by atoms with Gasteiger partial charge in [0, 0.05) is 5.75 Å². The fourth-order valence-corrected chi connectivity index (χ4v) is 3.98. The maximum Gasteiger partial charge on any atom is 0.407 e.